The number of fused-ring (bicyclic) bond motifs is 2. The highest BCUT2D eigenvalue weighted by Crippen LogP contribution is 2.23. The molecule has 0 spiro atoms. The maximum absolute atomic E-state index is 12.3. The van der Waals surface area contributed by atoms with E-state index in [4.69, 9.17) is 9.15 Å². The number of furan rings is 1. The van der Waals surface area contributed by atoms with Crippen LogP contribution in [0.25, 0.3) is 21.9 Å². The fraction of sp³-hybridized carbons (Fsp3) is 0.143. The van der Waals surface area contributed by atoms with Crippen LogP contribution in [0.2, 0.25) is 0 Å². The van der Waals surface area contributed by atoms with Crippen LogP contribution in [0.1, 0.15) is 29.1 Å². The van der Waals surface area contributed by atoms with E-state index in [9.17, 15) is 9.59 Å². The van der Waals surface area contributed by atoms with Crippen molar-refractivity contribution < 1.29 is 18.7 Å². The quantitative estimate of drug-likeness (QED) is 0.527. The van der Waals surface area contributed by atoms with Crippen LogP contribution in [0.5, 0.6) is 0 Å². The Morgan fingerprint density at radius 1 is 1.15 bits per heavy atom. The summed E-state index contributed by atoms with van der Waals surface area (Å²) in [5.74, 6) is -0.289. The number of hydrogen-bond acceptors (Lipinski definition) is 4. The Balaban J connectivity index is 1.37. The van der Waals surface area contributed by atoms with Gasteiger partial charge in [-0.25, -0.2) is 4.79 Å². The van der Waals surface area contributed by atoms with E-state index in [0.717, 1.165) is 21.9 Å². The molecular weight excluding hydrogens is 344 g/mol. The number of carbonyl (C=O) groups is 2. The molecule has 4 rings (SSSR count). The van der Waals surface area contributed by atoms with Crippen LogP contribution < -0.4 is 5.32 Å². The van der Waals surface area contributed by atoms with Crippen molar-refractivity contribution >= 4 is 33.7 Å². The highest BCUT2D eigenvalue weighted by molar-refractivity contribution is 6.04. The maximum atomic E-state index is 12.3. The Hall–Kier alpha value is -3.54. The number of H-pyrrole nitrogens is 1. The van der Waals surface area contributed by atoms with E-state index in [1.807, 2.05) is 61.5 Å². The molecule has 4 aromatic rings. The number of aromatic nitrogens is 1. The molecule has 27 heavy (non-hydrogen) atoms. The van der Waals surface area contributed by atoms with Gasteiger partial charge in [0.15, 0.2) is 6.61 Å². The Morgan fingerprint density at radius 2 is 1.93 bits per heavy atom. The molecule has 136 valence electrons. The molecule has 2 aromatic carbocycles. The van der Waals surface area contributed by atoms with Gasteiger partial charge in [0.25, 0.3) is 5.91 Å². The number of carbonyl (C=O) groups excluding carboxylic acids is 2. The fourth-order valence-electron chi connectivity index (χ4n) is 3.02. The van der Waals surface area contributed by atoms with E-state index in [-0.39, 0.29) is 12.6 Å². The maximum Gasteiger partial charge on any atom is 0.340 e. The molecule has 6 nitrogen and oxygen atoms in total. The van der Waals surface area contributed by atoms with Crippen LogP contribution in [0.4, 0.5) is 0 Å². The first-order valence-electron chi connectivity index (χ1n) is 8.63. The van der Waals surface area contributed by atoms with Gasteiger partial charge in [0, 0.05) is 22.5 Å². The van der Waals surface area contributed by atoms with Crippen molar-refractivity contribution in [2.24, 2.45) is 0 Å². The SMILES string of the molecule is C[C@H](NC(=O)COC(=O)c1c[nH]c2ccccc12)c1cc2ccccc2o1. The summed E-state index contributed by atoms with van der Waals surface area (Å²) in [5, 5.41) is 4.51. The van der Waals surface area contributed by atoms with Gasteiger partial charge >= 0.3 is 5.97 Å². The predicted octanol–water partition coefficient (Wildman–Crippen LogP) is 3.95. The summed E-state index contributed by atoms with van der Waals surface area (Å²) in [6.07, 6.45) is 1.59. The fourth-order valence-corrected chi connectivity index (χ4v) is 3.02. The van der Waals surface area contributed by atoms with E-state index in [1.165, 1.54) is 0 Å². The van der Waals surface area contributed by atoms with E-state index in [2.05, 4.69) is 10.3 Å². The Kier molecular flexibility index (Phi) is 4.38. The lowest BCUT2D eigenvalue weighted by molar-refractivity contribution is -0.125. The number of aromatic amines is 1. The lowest BCUT2D eigenvalue weighted by Crippen LogP contribution is -2.30. The largest absolute Gasteiger partial charge is 0.459 e. The van der Waals surface area contributed by atoms with Crippen molar-refractivity contribution in [1.82, 2.24) is 10.3 Å². The summed E-state index contributed by atoms with van der Waals surface area (Å²) in [4.78, 5) is 27.4. The third-order valence-corrected chi connectivity index (χ3v) is 4.39. The average molecular weight is 362 g/mol. The van der Waals surface area contributed by atoms with Gasteiger partial charge in [0.1, 0.15) is 11.3 Å². The highest BCUT2D eigenvalue weighted by atomic mass is 16.5. The first-order chi connectivity index (χ1) is 13.1. The minimum absolute atomic E-state index is 0.336. The van der Waals surface area contributed by atoms with Crippen molar-refractivity contribution in [1.29, 1.82) is 0 Å². The molecule has 0 saturated heterocycles. The van der Waals surface area contributed by atoms with Crippen molar-refractivity contribution in [3.05, 3.63) is 72.1 Å². The summed E-state index contributed by atoms with van der Waals surface area (Å²) in [5.41, 5.74) is 2.01. The lowest BCUT2D eigenvalue weighted by atomic mass is 10.2. The van der Waals surface area contributed by atoms with Crippen LogP contribution >= 0.6 is 0 Å². The van der Waals surface area contributed by atoms with Gasteiger partial charge in [-0.2, -0.15) is 0 Å². The molecule has 0 aliphatic rings. The monoisotopic (exact) mass is 362 g/mol. The molecule has 2 N–H and O–H groups in total. The second kappa shape index (κ2) is 6.99. The van der Waals surface area contributed by atoms with Crippen LogP contribution in [0.15, 0.2) is 65.2 Å². The number of nitrogens with one attached hydrogen (secondary N) is 2. The number of rotatable bonds is 5. The number of amides is 1. The predicted molar refractivity (Wildman–Crippen MR) is 101 cm³/mol. The molecule has 0 bridgehead atoms. The van der Waals surface area contributed by atoms with Crippen molar-refractivity contribution in [2.45, 2.75) is 13.0 Å². The topological polar surface area (TPSA) is 84.3 Å². The zero-order valence-corrected chi connectivity index (χ0v) is 14.7. The van der Waals surface area contributed by atoms with Gasteiger partial charge in [-0.1, -0.05) is 36.4 Å². The van der Waals surface area contributed by atoms with Crippen LogP contribution in [-0.4, -0.2) is 23.5 Å². The summed E-state index contributed by atoms with van der Waals surface area (Å²) < 4.78 is 10.9. The minimum atomic E-state index is -0.543. The Labute approximate surface area is 155 Å². The third kappa shape index (κ3) is 3.42. The minimum Gasteiger partial charge on any atom is -0.459 e. The molecule has 0 radical (unpaired) electrons. The highest BCUT2D eigenvalue weighted by Gasteiger charge is 2.17. The second-order valence-corrected chi connectivity index (χ2v) is 6.30. The summed E-state index contributed by atoms with van der Waals surface area (Å²) in [6.45, 7) is 1.46. The van der Waals surface area contributed by atoms with Crippen molar-refractivity contribution in [3.63, 3.8) is 0 Å². The molecule has 0 aliphatic heterocycles. The van der Waals surface area contributed by atoms with E-state index >= 15 is 0 Å². The number of benzene rings is 2. The van der Waals surface area contributed by atoms with Gasteiger partial charge in [0.05, 0.1) is 11.6 Å². The number of hydrogen-bond donors (Lipinski definition) is 2. The molecule has 0 fully saturated rings. The summed E-state index contributed by atoms with van der Waals surface area (Å²) >= 11 is 0. The molecule has 2 aromatic heterocycles. The molecule has 1 atom stereocenters. The van der Waals surface area contributed by atoms with Crippen LogP contribution in [0, 0.1) is 0 Å². The molecule has 2 heterocycles. The van der Waals surface area contributed by atoms with Gasteiger partial charge < -0.3 is 19.5 Å². The number of ether oxygens (including phenoxy) is 1. The van der Waals surface area contributed by atoms with Gasteiger partial charge in [-0.3, -0.25) is 4.79 Å². The number of para-hydroxylation sites is 2. The second-order valence-electron chi connectivity index (χ2n) is 6.30. The Morgan fingerprint density at radius 3 is 2.78 bits per heavy atom. The molecule has 6 heteroatoms. The molecule has 0 saturated carbocycles. The van der Waals surface area contributed by atoms with E-state index < -0.39 is 11.9 Å². The standard InChI is InChI=1S/C21H18N2O4/c1-13(19-10-14-6-2-5-9-18(14)27-19)23-20(24)12-26-21(25)16-11-22-17-8-4-3-7-15(16)17/h2-11,13,22H,12H2,1H3,(H,23,24)/t13-/m0/s1. The van der Waals surface area contributed by atoms with Crippen LogP contribution in [0.3, 0.4) is 0 Å². The molecule has 1 amide bonds. The zero-order chi connectivity index (χ0) is 18.8. The number of esters is 1. The van der Waals surface area contributed by atoms with Gasteiger partial charge in [-0.05, 0) is 25.1 Å². The third-order valence-electron chi connectivity index (χ3n) is 4.39. The van der Waals surface area contributed by atoms with Crippen molar-refractivity contribution in [2.75, 3.05) is 6.61 Å². The van der Waals surface area contributed by atoms with E-state index in [1.54, 1.807) is 6.20 Å². The lowest BCUT2D eigenvalue weighted by Gasteiger charge is -2.11. The van der Waals surface area contributed by atoms with E-state index in [0.29, 0.717) is 11.3 Å². The molecule has 0 unspecified atom stereocenters. The van der Waals surface area contributed by atoms with Gasteiger partial charge in [0.2, 0.25) is 0 Å². The zero-order valence-electron chi connectivity index (χ0n) is 14.7. The van der Waals surface area contributed by atoms with Crippen molar-refractivity contribution in [3.8, 4) is 0 Å². The molecule has 0 aliphatic carbocycles. The normalized spacial score (nSPS) is 12.2. The first-order valence-corrected chi connectivity index (χ1v) is 8.63. The van der Waals surface area contributed by atoms with Crippen LogP contribution in [-0.2, 0) is 9.53 Å². The average Bonchev–Trinajstić information content (AvgIpc) is 3.30. The Bertz CT molecular complexity index is 1090. The molecular formula is C21H18N2O4. The van der Waals surface area contributed by atoms with Gasteiger partial charge in [-0.15, -0.1) is 0 Å². The smallest absolute Gasteiger partial charge is 0.340 e. The summed E-state index contributed by atoms with van der Waals surface area (Å²) in [7, 11) is 0. The first kappa shape index (κ1) is 16.9. The summed E-state index contributed by atoms with van der Waals surface area (Å²) in [6, 6.07) is 16.6.